The van der Waals surface area contributed by atoms with Gasteiger partial charge in [-0.1, -0.05) is 0 Å². The van der Waals surface area contributed by atoms with Gasteiger partial charge in [0.05, 0.1) is 19.3 Å². The Morgan fingerprint density at radius 3 is 3.06 bits per heavy atom. The van der Waals surface area contributed by atoms with Crippen LogP contribution in [-0.2, 0) is 4.74 Å². The molecule has 1 saturated heterocycles. The van der Waals surface area contributed by atoms with Crippen LogP contribution in [-0.4, -0.2) is 23.9 Å². The monoisotopic (exact) mass is 224 g/mol. The number of hydrogen-bond donors (Lipinski definition) is 1. The highest BCUT2D eigenvalue weighted by atomic mass is 19.1. The first-order chi connectivity index (χ1) is 7.69. The third kappa shape index (κ3) is 1.49. The summed E-state index contributed by atoms with van der Waals surface area (Å²) in [5.41, 5.74) is 0.208. The van der Waals surface area contributed by atoms with Crippen molar-refractivity contribution in [1.82, 2.24) is 0 Å². The van der Waals surface area contributed by atoms with Gasteiger partial charge in [0.25, 0.3) is 0 Å². The summed E-state index contributed by atoms with van der Waals surface area (Å²) in [7, 11) is 0. The molecule has 0 aromatic heterocycles. The van der Waals surface area contributed by atoms with E-state index in [4.69, 9.17) is 9.47 Å². The van der Waals surface area contributed by atoms with Crippen LogP contribution in [0.1, 0.15) is 24.5 Å². The molecule has 2 aliphatic heterocycles. The lowest BCUT2D eigenvalue weighted by atomic mass is 9.88. The molecule has 0 bridgehead atoms. The number of aliphatic hydroxyl groups excluding tert-OH is 1. The van der Waals surface area contributed by atoms with Crippen molar-refractivity contribution in [2.75, 3.05) is 13.2 Å². The van der Waals surface area contributed by atoms with Crippen LogP contribution in [0.2, 0.25) is 0 Å². The molecule has 4 heteroatoms. The number of hydrogen-bond acceptors (Lipinski definition) is 3. The van der Waals surface area contributed by atoms with Crippen LogP contribution in [0.5, 0.6) is 5.75 Å². The van der Waals surface area contributed by atoms with Crippen LogP contribution < -0.4 is 4.74 Å². The summed E-state index contributed by atoms with van der Waals surface area (Å²) in [6.07, 6.45) is 0.678. The fraction of sp³-hybridized carbons (Fsp3) is 0.500. The van der Waals surface area contributed by atoms with Gasteiger partial charge in [0, 0.05) is 24.5 Å². The van der Waals surface area contributed by atoms with Crippen LogP contribution in [0.3, 0.4) is 0 Å². The van der Waals surface area contributed by atoms with Gasteiger partial charge in [0.1, 0.15) is 17.2 Å². The smallest absolute Gasteiger partial charge is 0.137 e. The van der Waals surface area contributed by atoms with Gasteiger partial charge >= 0.3 is 0 Å². The number of ether oxygens (including phenoxy) is 2. The second-order valence-corrected chi connectivity index (χ2v) is 4.49. The Hall–Kier alpha value is -1.13. The SMILES string of the molecule is O[C@H]1CC2(CCOC2)Oc2cc(F)ccc21. The molecule has 1 unspecified atom stereocenters. The summed E-state index contributed by atoms with van der Waals surface area (Å²) in [6.45, 7) is 1.11. The third-order valence-corrected chi connectivity index (χ3v) is 3.29. The first-order valence-electron chi connectivity index (χ1n) is 5.43. The first kappa shape index (κ1) is 10.1. The number of fused-ring (bicyclic) bond motifs is 1. The molecule has 1 N–H and O–H groups in total. The van der Waals surface area contributed by atoms with Crippen molar-refractivity contribution in [2.45, 2.75) is 24.5 Å². The molecule has 2 heterocycles. The molecule has 86 valence electrons. The van der Waals surface area contributed by atoms with Crippen LogP contribution in [0.4, 0.5) is 4.39 Å². The number of aliphatic hydroxyl groups is 1. The van der Waals surface area contributed by atoms with E-state index in [0.717, 1.165) is 6.42 Å². The highest BCUT2D eigenvalue weighted by molar-refractivity contribution is 5.38. The molecule has 0 saturated carbocycles. The van der Waals surface area contributed by atoms with Crippen molar-refractivity contribution >= 4 is 0 Å². The molecule has 3 rings (SSSR count). The van der Waals surface area contributed by atoms with E-state index in [9.17, 15) is 9.50 Å². The zero-order valence-electron chi connectivity index (χ0n) is 8.78. The van der Waals surface area contributed by atoms with E-state index < -0.39 is 11.7 Å². The van der Waals surface area contributed by atoms with Crippen molar-refractivity contribution < 1.29 is 19.0 Å². The highest BCUT2D eigenvalue weighted by Crippen LogP contribution is 2.43. The quantitative estimate of drug-likeness (QED) is 0.730. The molecule has 2 atom stereocenters. The molecule has 1 aromatic carbocycles. The molecule has 0 aliphatic carbocycles. The Kier molecular flexibility index (Phi) is 2.16. The van der Waals surface area contributed by atoms with Gasteiger partial charge in [-0.25, -0.2) is 4.39 Å². The summed E-state index contributed by atoms with van der Waals surface area (Å²) in [5.74, 6) is 0.103. The predicted molar refractivity (Wildman–Crippen MR) is 54.8 cm³/mol. The predicted octanol–water partition coefficient (Wildman–Crippen LogP) is 1.80. The second kappa shape index (κ2) is 3.43. The minimum absolute atomic E-state index is 0.345. The van der Waals surface area contributed by atoms with Gasteiger partial charge in [0.15, 0.2) is 0 Å². The van der Waals surface area contributed by atoms with Crippen LogP contribution in [0, 0.1) is 5.82 Å². The lowest BCUT2D eigenvalue weighted by Gasteiger charge is -2.36. The van der Waals surface area contributed by atoms with Gasteiger partial charge in [0.2, 0.25) is 0 Å². The molecule has 0 amide bonds. The van der Waals surface area contributed by atoms with Crippen molar-refractivity contribution in [3.8, 4) is 5.75 Å². The molecular formula is C12H13FO3. The normalized spacial score (nSPS) is 32.5. The van der Waals surface area contributed by atoms with E-state index in [2.05, 4.69) is 0 Å². The molecule has 0 radical (unpaired) electrons. The van der Waals surface area contributed by atoms with Crippen molar-refractivity contribution in [3.63, 3.8) is 0 Å². The average Bonchev–Trinajstić information content (AvgIpc) is 2.65. The summed E-state index contributed by atoms with van der Waals surface area (Å²) >= 11 is 0. The Bertz CT molecular complexity index is 413. The lowest BCUT2D eigenvalue weighted by Crippen LogP contribution is -2.41. The minimum atomic E-state index is -0.592. The lowest BCUT2D eigenvalue weighted by molar-refractivity contribution is -0.0196. The molecule has 16 heavy (non-hydrogen) atoms. The van der Waals surface area contributed by atoms with Crippen LogP contribution in [0.25, 0.3) is 0 Å². The van der Waals surface area contributed by atoms with Crippen LogP contribution >= 0.6 is 0 Å². The van der Waals surface area contributed by atoms with Gasteiger partial charge in [-0.2, -0.15) is 0 Å². The summed E-state index contributed by atoms with van der Waals surface area (Å²) in [4.78, 5) is 0. The number of halogens is 1. The summed E-state index contributed by atoms with van der Waals surface area (Å²) < 4.78 is 24.2. The third-order valence-electron chi connectivity index (χ3n) is 3.29. The Morgan fingerprint density at radius 2 is 2.31 bits per heavy atom. The fourth-order valence-electron chi connectivity index (χ4n) is 2.44. The molecule has 1 spiro atoms. The maximum Gasteiger partial charge on any atom is 0.137 e. The van der Waals surface area contributed by atoms with E-state index in [1.165, 1.54) is 12.1 Å². The largest absolute Gasteiger partial charge is 0.484 e. The zero-order valence-corrected chi connectivity index (χ0v) is 8.78. The molecule has 2 aliphatic rings. The van der Waals surface area contributed by atoms with Crippen molar-refractivity contribution in [3.05, 3.63) is 29.6 Å². The zero-order chi connectivity index (χ0) is 11.2. The summed E-state index contributed by atoms with van der Waals surface area (Å²) in [6, 6.07) is 4.25. The fourth-order valence-corrected chi connectivity index (χ4v) is 2.44. The van der Waals surface area contributed by atoms with Gasteiger partial charge in [-0.05, 0) is 12.1 Å². The number of benzene rings is 1. The highest BCUT2D eigenvalue weighted by Gasteiger charge is 2.43. The van der Waals surface area contributed by atoms with Gasteiger partial charge in [-0.3, -0.25) is 0 Å². The second-order valence-electron chi connectivity index (χ2n) is 4.49. The number of rotatable bonds is 0. The van der Waals surface area contributed by atoms with Gasteiger partial charge in [-0.15, -0.1) is 0 Å². The first-order valence-corrected chi connectivity index (χ1v) is 5.43. The van der Waals surface area contributed by atoms with Crippen LogP contribution in [0.15, 0.2) is 18.2 Å². The molecular weight excluding hydrogens is 211 g/mol. The molecule has 1 fully saturated rings. The van der Waals surface area contributed by atoms with E-state index in [1.54, 1.807) is 6.07 Å². The maximum absolute atomic E-state index is 13.1. The topological polar surface area (TPSA) is 38.7 Å². The molecule has 1 aromatic rings. The minimum Gasteiger partial charge on any atom is -0.484 e. The Morgan fingerprint density at radius 1 is 1.44 bits per heavy atom. The Balaban J connectivity index is 2.00. The van der Waals surface area contributed by atoms with Crippen molar-refractivity contribution in [1.29, 1.82) is 0 Å². The maximum atomic E-state index is 13.1. The van der Waals surface area contributed by atoms with E-state index in [0.29, 0.717) is 30.9 Å². The molecule has 3 nitrogen and oxygen atoms in total. The summed E-state index contributed by atoms with van der Waals surface area (Å²) in [5, 5.41) is 10.0. The standard InChI is InChI=1S/C12H13FO3/c13-8-1-2-9-10(14)6-12(3-4-15-7-12)16-11(9)5-8/h1-2,5,10,14H,3-4,6-7H2/t10-,12?/m0/s1. The Labute approximate surface area is 92.8 Å². The van der Waals surface area contributed by atoms with E-state index in [1.807, 2.05) is 0 Å². The van der Waals surface area contributed by atoms with Crippen molar-refractivity contribution in [2.24, 2.45) is 0 Å². The van der Waals surface area contributed by atoms with Gasteiger partial charge < -0.3 is 14.6 Å². The average molecular weight is 224 g/mol. The van der Waals surface area contributed by atoms with E-state index in [-0.39, 0.29) is 5.82 Å². The van der Waals surface area contributed by atoms with E-state index >= 15 is 0 Å².